The Morgan fingerprint density at radius 2 is 2.10 bits per heavy atom. The van der Waals surface area contributed by atoms with Gasteiger partial charge in [-0.3, -0.25) is 4.79 Å². The number of hydrogen-bond donors (Lipinski definition) is 2. The van der Waals surface area contributed by atoms with E-state index in [0.29, 0.717) is 23.1 Å². The van der Waals surface area contributed by atoms with Gasteiger partial charge >= 0.3 is 0 Å². The lowest BCUT2D eigenvalue weighted by Gasteiger charge is -2.13. The second-order valence-electron chi connectivity index (χ2n) is 6.95. The molecule has 152 valence electrons. The third-order valence-corrected chi connectivity index (χ3v) is 4.92. The van der Waals surface area contributed by atoms with E-state index in [4.69, 9.17) is 18.6 Å². The highest BCUT2D eigenvalue weighted by Gasteiger charge is 2.17. The molecule has 0 unspecified atom stereocenters. The van der Waals surface area contributed by atoms with Gasteiger partial charge in [0.15, 0.2) is 23.8 Å². The smallest absolute Gasteiger partial charge is 0.273 e. The van der Waals surface area contributed by atoms with Crippen LogP contribution >= 0.6 is 0 Å². The van der Waals surface area contributed by atoms with Crippen LogP contribution in [-0.2, 0) is 6.61 Å². The highest BCUT2D eigenvalue weighted by molar-refractivity contribution is 5.92. The molecule has 1 aliphatic heterocycles. The summed E-state index contributed by atoms with van der Waals surface area (Å²) in [6.45, 7) is 2.22. The number of rotatable bonds is 6. The van der Waals surface area contributed by atoms with E-state index in [1.54, 1.807) is 18.2 Å². The molecule has 0 radical (unpaired) electrons. The lowest BCUT2D eigenvalue weighted by atomic mass is 10.1. The number of oxazole rings is 1. The Morgan fingerprint density at radius 3 is 3.03 bits per heavy atom. The molecular formula is C22H19N3O5. The second kappa shape index (κ2) is 7.47. The molecule has 0 aliphatic carbocycles. The van der Waals surface area contributed by atoms with Crippen molar-refractivity contribution in [3.05, 3.63) is 72.1 Å². The molecule has 8 heteroatoms. The molecule has 1 atom stereocenters. The van der Waals surface area contributed by atoms with Crippen LogP contribution in [0.3, 0.4) is 0 Å². The molecule has 1 aliphatic rings. The molecule has 2 aromatic heterocycles. The molecule has 1 amide bonds. The van der Waals surface area contributed by atoms with Gasteiger partial charge in [0, 0.05) is 17.8 Å². The number of nitrogens with one attached hydrogen (secondary N) is 2. The average molecular weight is 405 g/mol. The first-order chi connectivity index (χ1) is 14.7. The molecule has 0 saturated carbocycles. The number of carbonyl (C=O) groups is 1. The van der Waals surface area contributed by atoms with E-state index in [2.05, 4.69) is 15.3 Å². The Labute approximate surface area is 171 Å². The lowest BCUT2D eigenvalue weighted by molar-refractivity contribution is 0.0934. The Kier molecular flexibility index (Phi) is 4.51. The molecule has 2 N–H and O–H groups in total. The maximum atomic E-state index is 12.5. The van der Waals surface area contributed by atoms with Gasteiger partial charge in [-0.2, -0.15) is 0 Å². The Hall–Kier alpha value is -3.94. The van der Waals surface area contributed by atoms with E-state index in [1.807, 2.05) is 37.4 Å². The summed E-state index contributed by atoms with van der Waals surface area (Å²) in [5.74, 6) is 1.90. The van der Waals surface area contributed by atoms with E-state index in [9.17, 15) is 4.79 Å². The van der Waals surface area contributed by atoms with Crippen LogP contribution in [0.25, 0.3) is 10.9 Å². The molecule has 4 aromatic rings. The van der Waals surface area contributed by atoms with Gasteiger partial charge in [-0.05, 0) is 48.2 Å². The van der Waals surface area contributed by atoms with Gasteiger partial charge < -0.3 is 28.9 Å². The van der Waals surface area contributed by atoms with Gasteiger partial charge in [-0.1, -0.05) is 6.07 Å². The minimum absolute atomic E-state index is 0.0899. The minimum Gasteiger partial charge on any atom is -0.484 e. The van der Waals surface area contributed by atoms with Crippen LogP contribution in [0.15, 0.2) is 59.3 Å². The molecule has 30 heavy (non-hydrogen) atoms. The number of amides is 1. The molecular weight excluding hydrogens is 386 g/mol. The molecule has 8 nitrogen and oxygen atoms in total. The number of ether oxygens (including phenoxy) is 3. The van der Waals surface area contributed by atoms with Crippen LogP contribution in [-0.4, -0.2) is 22.7 Å². The van der Waals surface area contributed by atoms with Gasteiger partial charge in [0.1, 0.15) is 12.0 Å². The molecule has 3 heterocycles. The summed E-state index contributed by atoms with van der Waals surface area (Å²) in [7, 11) is 0. The largest absolute Gasteiger partial charge is 0.484 e. The first kappa shape index (κ1) is 18.1. The maximum Gasteiger partial charge on any atom is 0.273 e. The first-order valence-corrected chi connectivity index (χ1v) is 9.50. The number of benzene rings is 2. The Morgan fingerprint density at radius 1 is 1.20 bits per heavy atom. The lowest BCUT2D eigenvalue weighted by Crippen LogP contribution is -2.27. The molecule has 0 bridgehead atoms. The predicted octanol–water partition coefficient (Wildman–Crippen LogP) is 3.95. The predicted molar refractivity (Wildman–Crippen MR) is 108 cm³/mol. The van der Waals surface area contributed by atoms with Crippen molar-refractivity contribution in [2.24, 2.45) is 0 Å². The van der Waals surface area contributed by atoms with Crippen LogP contribution in [0.5, 0.6) is 17.2 Å². The van der Waals surface area contributed by atoms with Gasteiger partial charge in [0.25, 0.3) is 5.91 Å². The number of aromatic amines is 1. The van der Waals surface area contributed by atoms with Crippen molar-refractivity contribution in [1.29, 1.82) is 0 Å². The summed E-state index contributed by atoms with van der Waals surface area (Å²) in [6, 6.07) is 13.1. The van der Waals surface area contributed by atoms with Crippen molar-refractivity contribution < 1.29 is 23.4 Å². The van der Waals surface area contributed by atoms with Crippen LogP contribution in [0, 0.1) is 0 Å². The van der Waals surface area contributed by atoms with E-state index in [1.165, 1.54) is 6.26 Å². The summed E-state index contributed by atoms with van der Waals surface area (Å²) in [5, 5.41) is 4.04. The molecule has 0 fully saturated rings. The number of fused-ring (bicyclic) bond motifs is 2. The van der Waals surface area contributed by atoms with Crippen molar-refractivity contribution in [3.8, 4) is 17.2 Å². The normalized spacial score (nSPS) is 13.4. The van der Waals surface area contributed by atoms with Gasteiger partial charge in [0.05, 0.1) is 6.04 Å². The quantitative estimate of drug-likeness (QED) is 0.504. The SMILES string of the molecule is C[C@H](NC(=O)c1coc(COc2ccc3c(c2)OCO3)n1)c1ccc2[nH]ccc2c1. The zero-order valence-electron chi connectivity index (χ0n) is 16.2. The van der Waals surface area contributed by atoms with Crippen molar-refractivity contribution in [1.82, 2.24) is 15.3 Å². The summed E-state index contributed by atoms with van der Waals surface area (Å²) in [4.78, 5) is 19.9. The van der Waals surface area contributed by atoms with Crippen LogP contribution in [0.4, 0.5) is 0 Å². The average Bonchev–Trinajstić information content (AvgIpc) is 3.51. The molecule has 2 aromatic carbocycles. The highest BCUT2D eigenvalue weighted by atomic mass is 16.7. The van der Waals surface area contributed by atoms with Gasteiger partial charge in [-0.15, -0.1) is 0 Å². The number of nitrogens with zero attached hydrogens (tertiary/aromatic N) is 1. The Bertz CT molecular complexity index is 1210. The second-order valence-corrected chi connectivity index (χ2v) is 6.95. The van der Waals surface area contributed by atoms with Crippen molar-refractivity contribution in [2.45, 2.75) is 19.6 Å². The minimum atomic E-state index is -0.310. The Balaban J connectivity index is 1.20. The van der Waals surface area contributed by atoms with Gasteiger partial charge in [-0.25, -0.2) is 4.98 Å². The van der Waals surface area contributed by atoms with Crippen LogP contribution in [0.2, 0.25) is 0 Å². The number of H-pyrrole nitrogens is 1. The third kappa shape index (κ3) is 3.55. The monoisotopic (exact) mass is 405 g/mol. The summed E-state index contributed by atoms with van der Waals surface area (Å²) >= 11 is 0. The topological polar surface area (TPSA) is 98.6 Å². The summed E-state index contributed by atoms with van der Waals surface area (Å²) in [5.41, 5.74) is 2.26. The van der Waals surface area contributed by atoms with Crippen molar-refractivity contribution >= 4 is 16.8 Å². The van der Waals surface area contributed by atoms with Crippen molar-refractivity contribution in [3.63, 3.8) is 0 Å². The zero-order valence-corrected chi connectivity index (χ0v) is 16.2. The fourth-order valence-corrected chi connectivity index (χ4v) is 3.29. The first-order valence-electron chi connectivity index (χ1n) is 9.50. The van der Waals surface area contributed by atoms with Crippen molar-refractivity contribution in [2.75, 3.05) is 6.79 Å². The van der Waals surface area contributed by atoms with Gasteiger partial charge in [0.2, 0.25) is 12.7 Å². The third-order valence-electron chi connectivity index (χ3n) is 4.92. The molecule has 0 spiro atoms. The summed E-state index contributed by atoms with van der Waals surface area (Å²) in [6.07, 6.45) is 3.22. The molecule has 0 saturated heterocycles. The van der Waals surface area contributed by atoms with Crippen LogP contribution in [0.1, 0.15) is 34.9 Å². The maximum absolute atomic E-state index is 12.5. The fraction of sp³-hybridized carbons (Fsp3) is 0.182. The van der Waals surface area contributed by atoms with E-state index in [-0.39, 0.29) is 31.0 Å². The van der Waals surface area contributed by atoms with E-state index in [0.717, 1.165) is 16.5 Å². The standard InChI is InChI=1S/C22H19N3O5/c1-13(14-2-4-17-15(8-14)6-7-23-17)24-22(26)18-10-28-21(25-18)11-27-16-3-5-19-20(9-16)30-12-29-19/h2-10,13,23H,11-12H2,1H3,(H,24,26)/t13-/m0/s1. The van der Waals surface area contributed by atoms with Crippen LogP contribution < -0.4 is 19.5 Å². The fourth-order valence-electron chi connectivity index (χ4n) is 3.29. The van der Waals surface area contributed by atoms with E-state index < -0.39 is 0 Å². The van der Waals surface area contributed by atoms with E-state index >= 15 is 0 Å². The molecule has 5 rings (SSSR count). The summed E-state index contributed by atoms with van der Waals surface area (Å²) < 4.78 is 21.6. The zero-order chi connectivity index (χ0) is 20.5. The number of carbonyl (C=O) groups excluding carboxylic acids is 1. The number of aromatic nitrogens is 2. The number of hydrogen-bond acceptors (Lipinski definition) is 6. The highest BCUT2D eigenvalue weighted by Crippen LogP contribution is 2.35.